The highest BCUT2D eigenvalue weighted by Gasteiger charge is 2.10. The molecule has 1 aromatic heterocycles. The topological polar surface area (TPSA) is 107 Å². The van der Waals surface area contributed by atoms with E-state index in [0.717, 1.165) is 11.9 Å². The first-order chi connectivity index (χ1) is 10.1. The molecular weight excluding hydrogens is 279 g/mol. The molecule has 0 aliphatic carbocycles. The molecule has 110 valence electrons. The molecule has 2 rings (SSSR count). The van der Waals surface area contributed by atoms with Crippen molar-refractivity contribution in [3.8, 4) is 0 Å². The first kappa shape index (κ1) is 14.5. The van der Waals surface area contributed by atoms with Crippen molar-refractivity contribution in [2.45, 2.75) is 6.42 Å². The number of imidazole rings is 1. The maximum Gasteiger partial charge on any atom is 0.335 e. The Morgan fingerprint density at radius 3 is 2.81 bits per heavy atom. The first-order valence-electron chi connectivity index (χ1n) is 6.12. The number of aromatic carboxylic acids is 1. The summed E-state index contributed by atoms with van der Waals surface area (Å²) in [5.41, 5.74) is -0.272. The van der Waals surface area contributed by atoms with Crippen LogP contribution in [0.5, 0.6) is 0 Å². The lowest BCUT2D eigenvalue weighted by molar-refractivity contribution is 0.0696. The van der Waals surface area contributed by atoms with E-state index in [0.29, 0.717) is 13.0 Å². The van der Waals surface area contributed by atoms with Crippen LogP contribution in [0, 0.1) is 5.82 Å². The van der Waals surface area contributed by atoms with Gasteiger partial charge in [0, 0.05) is 25.4 Å². The second kappa shape index (κ2) is 6.51. The van der Waals surface area contributed by atoms with Crippen molar-refractivity contribution < 1.29 is 19.1 Å². The van der Waals surface area contributed by atoms with Gasteiger partial charge in [0.1, 0.15) is 11.6 Å². The van der Waals surface area contributed by atoms with Gasteiger partial charge in [-0.2, -0.15) is 0 Å². The Morgan fingerprint density at radius 2 is 2.19 bits per heavy atom. The number of benzene rings is 1. The van der Waals surface area contributed by atoms with E-state index >= 15 is 0 Å². The zero-order valence-electron chi connectivity index (χ0n) is 10.9. The predicted molar refractivity (Wildman–Crippen MR) is 72.7 cm³/mol. The number of amides is 2. The van der Waals surface area contributed by atoms with Crippen LogP contribution < -0.4 is 10.6 Å². The van der Waals surface area contributed by atoms with Gasteiger partial charge in [0.2, 0.25) is 0 Å². The molecule has 7 nitrogen and oxygen atoms in total. The number of carboxylic acid groups (broad SMARTS) is 1. The number of H-pyrrole nitrogens is 1. The molecular formula is C13H13FN4O3. The monoisotopic (exact) mass is 292 g/mol. The van der Waals surface area contributed by atoms with Gasteiger partial charge in [0.05, 0.1) is 11.3 Å². The summed E-state index contributed by atoms with van der Waals surface area (Å²) in [6.07, 6.45) is 3.80. The lowest BCUT2D eigenvalue weighted by atomic mass is 10.2. The fourth-order valence-electron chi connectivity index (χ4n) is 1.65. The van der Waals surface area contributed by atoms with Crippen LogP contribution >= 0.6 is 0 Å². The second-order valence-corrected chi connectivity index (χ2v) is 4.17. The SMILES string of the molecule is O=C(NCCc1ncc[nH]1)Nc1ccc(C(=O)O)cc1F. The summed E-state index contributed by atoms with van der Waals surface area (Å²) in [6, 6.07) is 2.68. The fourth-order valence-corrected chi connectivity index (χ4v) is 1.65. The average Bonchev–Trinajstić information content (AvgIpc) is 2.94. The number of aromatic nitrogens is 2. The van der Waals surface area contributed by atoms with E-state index in [2.05, 4.69) is 20.6 Å². The summed E-state index contributed by atoms with van der Waals surface area (Å²) >= 11 is 0. The van der Waals surface area contributed by atoms with Crippen molar-refractivity contribution in [3.63, 3.8) is 0 Å². The highest BCUT2D eigenvalue weighted by atomic mass is 19.1. The number of carbonyl (C=O) groups is 2. The summed E-state index contributed by atoms with van der Waals surface area (Å²) in [4.78, 5) is 29.1. The molecule has 0 radical (unpaired) electrons. The van der Waals surface area contributed by atoms with E-state index in [1.54, 1.807) is 12.4 Å². The smallest absolute Gasteiger partial charge is 0.335 e. The van der Waals surface area contributed by atoms with E-state index in [1.165, 1.54) is 12.1 Å². The maximum atomic E-state index is 13.6. The maximum absolute atomic E-state index is 13.6. The van der Waals surface area contributed by atoms with E-state index in [9.17, 15) is 14.0 Å². The molecule has 8 heteroatoms. The van der Waals surface area contributed by atoms with Crippen LogP contribution in [0.2, 0.25) is 0 Å². The summed E-state index contributed by atoms with van der Waals surface area (Å²) < 4.78 is 13.6. The second-order valence-electron chi connectivity index (χ2n) is 4.17. The Morgan fingerprint density at radius 1 is 1.38 bits per heavy atom. The molecule has 0 bridgehead atoms. The number of nitrogens with zero attached hydrogens (tertiary/aromatic N) is 1. The minimum absolute atomic E-state index is 0.0875. The number of hydrogen-bond donors (Lipinski definition) is 4. The number of carbonyl (C=O) groups excluding carboxylic acids is 1. The molecule has 0 saturated carbocycles. The van der Waals surface area contributed by atoms with Crippen LogP contribution in [0.15, 0.2) is 30.6 Å². The van der Waals surface area contributed by atoms with Crippen LogP contribution in [-0.2, 0) is 6.42 Å². The van der Waals surface area contributed by atoms with E-state index in [4.69, 9.17) is 5.11 Å². The summed E-state index contributed by atoms with van der Waals surface area (Å²) in [5.74, 6) is -1.31. The predicted octanol–water partition coefficient (Wildman–Crippen LogP) is 1.61. The lowest BCUT2D eigenvalue weighted by Crippen LogP contribution is -2.31. The number of hydrogen-bond acceptors (Lipinski definition) is 3. The molecule has 2 aromatic rings. The number of carboxylic acids is 1. The van der Waals surface area contributed by atoms with Gasteiger partial charge in [-0.05, 0) is 18.2 Å². The van der Waals surface area contributed by atoms with Gasteiger partial charge in [-0.1, -0.05) is 0 Å². The zero-order chi connectivity index (χ0) is 15.2. The van der Waals surface area contributed by atoms with Gasteiger partial charge in [-0.15, -0.1) is 0 Å². The number of urea groups is 1. The van der Waals surface area contributed by atoms with Crippen LogP contribution in [0.25, 0.3) is 0 Å². The average molecular weight is 292 g/mol. The molecule has 21 heavy (non-hydrogen) atoms. The Kier molecular flexibility index (Phi) is 4.50. The Labute approximate surface area is 119 Å². The van der Waals surface area contributed by atoms with Gasteiger partial charge in [-0.25, -0.2) is 19.0 Å². The number of anilines is 1. The van der Waals surface area contributed by atoms with Crippen molar-refractivity contribution in [3.05, 3.63) is 47.8 Å². The number of halogens is 1. The van der Waals surface area contributed by atoms with Gasteiger partial charge in [0.25, 0.3) is 0 Å². The third-order valence-corrected chi connectivity index (χ3v) is 2.67. The molecule has 0 aliphatic rings. The molecule has 1 aromatic carbocycles. The Bertz CT molecular complexity index is 643. The molecule has 2 amide bonds. The minimum atomic E-state index is -1.23. The molecule has 0 atom stereocenters. The molecule has 4 N–H and O–H groups in total. The molecule has 0 saturated heterocycles. The highest BCUT2D eigenvalue weighted by molar-refractivity contribution is 5.91. The molecule has 0 aliphatic heterocycles. The number of aromatic amines is 1. The van der Waals surface area contributed by atoms with Gasteiger partial charge in [-0.3, -0.25) is 0 Å². The van der Waals surface area contributed by atoms with Crippen molar-refractivity contribution in [1.29, 1.82) is 0 Å². The zero-order valence-corrected chi connectivity index (χ0v) is 10.9. The van der Waals surface area contributed by atoms with E-state index < -0.39 is 17.8 Å². The summed E-state index contributed by atoms with van der Waals surface area (Å²) in [6.45, 7) is 0.328. The Balaban J connectivity index is 1.86. The van der Waals surface area contributed by atoms with Crippen molar-refractivity contribution in [2.24, 2.45) is 0 Å². The normalized spacial score (nSPS) is 10.1. The molecule has 1 heterocycles. The molecule has 0 fully saturated rings. The third kappa shape index (κ3) is 4.03. The number of nitrogens with one attached hydrogen (secondary N) is 3. The third-order valence-electron chi connectivity index (χ3n) is 2.67. The van der Waals surface area contributed by atoms with Crippen molar-refractivity contribution in [1.82, 2.24) is 15.3 Å². The first-order valence-corrected chi connectivity index (χ1v) is 6.12. The fraction of sp³-hybridized carbons (Fsp3) is 0.154. The van der Waals surface area contributed by atoms with Crippen molar-refractivity contribution >= 4 is 17.7 Å². The van der Waals surface area contributed by atoms with Crippen molar-refractivity contribution in [2.75, 3.05) is 11.9 Å². The van der Waals surface area contributed by atoms with Crippen LogP contribution in [0.3, 0.4) is 0 Å². The van der Waals surface area contributed by atoms with Gasteiger partial charge in [0.15, 0.2) is 0 Å². The van der Waals surface area contributed by atoms with E-state index in [-0.39, 0.29) is 11.3 Å². The molecule has 0 spiro atoms. The van der Waals surface area contributed by atoms with Gasteiger partial charge < -0.3 is 20.7 Å². The summed E-state index contributed by atoms with van der Waals surface area (Å²) in [5, 5.41) is 13.6. The lowest BCUT2D eigenvalue weighted by Gasteiger charge is -2.08. The standard InChI is InChI=1S/C13H13FN4O3/c14-9-7-8(12(19)20)1-2-10(9)18-13(21)17-4-3-11-15-5-6-16-11/h1-2,5-7H,3-4H2,(H,15,16)(H,19,20)(H2,17,18,21). The largest absolute Gasteiger partial charge is 0.478 e. The minimum Gasteiger partial charge on any atom is -0.478 e. The Hall–Kier alpha value is -2.90. The highest BCUT2D eigenvalue weighted by Crippen LogP contribution is 2.15. The quantitative estimate of drug-likeness (QED) is 0.671. The van der Waals surface area contributed by atoms with E-state index in [1.807, 2.05) is 0 Å². The molecule has 0 unspecified atom stereocenters. The van der Waals surface area contributed by atoms with Gasteiger partial charge >= 0.3 is 12.0 Å². The van der Waals surface area contributed by atoms with Crippen LogP contribution in [0.1, 0.15) is 16.2 Å². The van der Waals surface area contributed by atoms with Crippen LogP contribution in [0.4, 0.5) is 14.9 Å². The number of rotatable bonds is 5. The van der Waals surface area contributed by atoms with Crippen LogP contribution in [-0.4, -0.2) is 33.6 Å². The summed E-state index contributed by atoms with van der Waals surface area (Å²) in [7, 11) is 0.